The Kier molecular flexibility index (Phi) is 15.6. The van der Waals surface area contributed by atoms with Crippen LogP contribution in [0.1, 0.15) is 84.6 Å². The molecule has 3 rings (SSSR count). The molecule has 0 fully saturated rings. The van der Waals surface area contributed by atoms with Crippen molar-refractivity contribution in [3.63, 3.8) is 0 Å². The van der Waals surface area contributed by atoms with Crippen LogP contribution in [-0.4, -0.2) is 32.1 Å². The van der Waals surface area contributed by atoms with E-state index in [2.05, 4.69) is 23.6 Å². The molecule has 0 unspecified atom stereocenters. The summed E-state index contributed by atoms with van der Waals surface area (Å²) in [6, 6.07) is 9.74. The molecule has 198 valence electrons. The van der Waals surface area contributed by atoms with Crippen LogP contribution in [0.15, 0.2) is 67.7 Å². The van der Waals surface area contributed by atoms with Crippen LogP contribution in [-0.2, 0) is 18.3 Å². The van der Waals surface area contributed by atoms with Gasteiger partial charge in [0.05, 0.1) is 0 Å². The third-order valence-corrected chi connectivity index (χ3v) is 4.85. The van der Waals surface area contributed by atoms with Crippen molar-refractivity contribution in [2.24, 2.45) is 7.05 Å². The highest BCUT2D eigenvalue weighted by Crippen LogP contribution is 2.13. The minimum Gasteiger partial charge on any atom is -0.295 e. The lowest BCUT2D eigenvalue weighted by Crippen LogP contribution is -1.96. The molecule has 0 aliphatic carbocycles. The minimum absolute atomic E-state index is 0.0202. The van der Waals surface area contributed by atoms with Crippen molar-refractivity contribution in [3.05, 3.63) is 101 Å². The molecule has 2 aromatic heterocycles. The number of hydrogen-bond donors (Lipinski definition) is 0. The first-order valence-corrected chi connectivity index (χ1v) is 12.3. The lowest BCUT2D eigenvalue weighted by atomic mass is 10.1. The van der Waals surface area contributed by atoms with E-state index < -0.39 is 0 Å². The Morgan fingerprint density at radius 3 is 2.03 bits per heavy atom. The van der Waals surface area contributed by atoms with Crippen molar-refractivity contribution in [2.75, 3.05) is 0 Å². The summed E-state index contributed by atoms with van der Waals surface area (Å²) in [6.45, 7) is 18.4. The van der Waals surface area contributed by atoms with Gasteiger partial charge in [0.15, 0.2) is 17.3 Å². The van der Waals surface area contributed by atoms with Gasteiger partial charge in [-0.05, 0) is 80.2 Å². The molecule has 0 saturated carbocycles. The summed E-state index contributed by atoms with van der Waals surface area (Å²) in [4.78, 5) is 36.5. The highest BCUT2D eigenvalue weighted by Gasteiger charge is 2.06. The Bertz CT molecular complexity index is 1220. The standard InChI is InChI=1S/C12H13NO.C10H12O.C7H10N2O.C2H6/c1-9-6-12(8-13-7-9)10(2)4-5-11(3)14;1-3-9-5-4-6-10(7-9)8(2)11;1-5-4-9(3)8-7(5)6(2)10;1-2/h4-8H,2H2,1,3H3;4-7H,3H2,1-2H3;4H,1-3H3;1-2H3/b5-4-;;;. The number of carbonyl (C=O) groups is 3. The van der Waals surface area contributed by atoms with Crippen molar-refractivity contribution >= 4 is 22.9 Å². The number of hydrogen-bond acceptors (Lipinski definition) is 5. The molecule has 0 bridgehead atoms. The molecule has 0 saturated heterocycles. The topological polar surface area (TPSA) is 81.9 Å². The van der Waals surface area contributed by atoms with Crippen LogP contribution in [0, 0.1) is 13.8 Å². The van der Waals surface area contributed by atoms with Gasteiger partial charge in [-0.15, -0.1) is 0 Å². The first-order chi connectivity index (χ1) is 17.4. The first-order valence-electron chi connectivity index (χ1n) is 12.3. The summed E-state index contributed by atoms with van der Waals surface area (Å²) in [5, 5.41) is 3.98. The van der Waals surface area contributed by atoms with E-state index in [0.717, 1.165) is 34.2 Å². The Balaban J connectivity index is 0.000000515. The fraction of sp³-hybridized carbons (Fsp3) is 0.323. The van der Waals surface area contributed by atoms with Gasteiger partial charge in [0, 0.05) is 38.1 Å². The Morgan fingerprint density at radius 2 is 1.59 bits per heavy atom. The number of aryl methyl sites for hydroxylation is 4. The number of rotatable bonds is 6. The summed E-state index contributed by atoms with van der Waals surface area (Å²) in [5.74, 6) is 0.185. The molecular formula is C31H41N3O3. The predicted octanol–water partition coefficient (Wildman–Crippen LogP) is 6.96. The van der Waals surface area contributed by atoms with Gasteiger partial charge < -0.3 is 0 Å². The van der Waals surface area contributed by atoms with Gasteiger partial charge in [0.25, 0.3) is 0 Å². The molecule has 0 atom stereocenters. The number of aromatic nitrogens is 3. The van der Waals surface area contributed by atoms with E-state index in [9.17, 15) is 14.4 Å². The third-order valence-electron chi connectivity index (χ3n) is 4.85. The van der Waals surface area contributed by atoms with Crippen molar-refractivity contribution in [3.8, 4) is 0 Å². The highest BCUT2D eigenvalue weighted by atomic mass is 16.1. The van der Waals surface area contributed by atoms with Crippen molar-refractivity contribution in [2.45, 2.75) is 61.8 Å². The van der Waals surface area contributed by atoms with E-state index in [1.165, 1.54) is 25.5 Å². The lowest BCUT2D eigenvalue weighted by molar-refractivity contribution is -0.112. The average molecular weight is 504 g/mol. The van der Waals surface area contributed by atoms with Crippen LogP contribution >= 0.6 is 0 Å². The van der Waals surface area contributed by atoms with Crippen molar-refractivity contribution < 1.29 is 14.4 Å². The number of carbonyl (C=O) groups excluding carboxylic acids is 3. The molecule has 3 aromatic rings. The summed E-state index contributed by atoms with van der Waals surface area (Å²) in [6.07, 6.45) is 9.55. The summed E-state index contributed by atoms with van der Waals surface area (Å²) in [5.41, 5.74) is 6.37. The zero-order chi connectivity index (χ0) is 28.5. The maximum atomic E-state index is 10.9. The summed E-state index contributed by atoms with van der Waals surface area (Å²) >= 11 is 0. The fourth-order valence-electron chi connectivity index (χ4n) is 3.01. The number of nitrogens with zero attached hydrogens (tertiary/aromatic N) is 3. The van der Waals surface area contributed by atoms with E-state index in [0.29, 0.717) is 5.69 Å². The number of benzene rings is 1. The van der Waals surface area contributed by atoms with Gasteiger partial charge in [-0.3, -0.25) is 24.0 Å². The van der Waals surface area contributed by atoms with E-state index >= 15 is 0 Å². The van der Waals surface area contributed by atoms with Gasteiger partial charge in [0.2, 0.25) is 0 Å². The Hall–Kier alpha value is -3.93. The zero-order valence-electron chi connectivity index (χ0n) is 23.8. The lowest BCUT2D eigenvalue weighted by Gasteiger charge is -2.00. The molecule has 0 amide bonds. The maximum absolute atomic E-state index is 10.9. The second-order valence-electron chi connectivity index (χ2n) is 8.22. The predicted molar refractivity (Wildman–Crippen MR) is 153 cm³/mol. The monoisotopic (exact) mass is 503 g/mol. The molecule has 6 heteroatoms. The molecule has 6 nitrogen and oxygen atoms in total. The van der Waals surface area contributed by atoms with Crippen LogP contribution in [0.3, 0.4) is 0 Å². The Labute approximate surface area is 222 Å². The zero-order valence-corrected chi connectivity index (χ0v) is 23.8. The van der Waals surface area contributed by atoms with Crippen molar-refractivity contribution in [1.29, 1.82) is 0 Å². The van der Waals surface area contributed by atoms with E-state index in [4.69, 9.17) is 0 Å². The molecule has 0 radical (unpaired) electrons. The van der Waals surface area contributed by atoms with Gasteiger partial charge in [-0.2, -0.15) is 5.10 Å². The largest absolute Gasteiger partial charge is 0.295 e. The van der Waals surface area contributed by atoms with Gasteiger partial charge in [-0.1, -0.05) is 51.6 Å². The summed E-state index contributed by atoms with van der Waals surface area (Å²) in [7, 11) is 1.80. The van der Waals surface area contributed by atoms with Crippen molar-refractivity contribution in [1.82, 2.24) is 14.8 Å². The average Bonchev–Trinajstić information content (AvgIpc) is 3.22. The number of Topliss-reactive ketones (excluding diaryl/α,β-unsaturated/α-hetero) is 2. The van der Waals surface area contributed by atoms with Crippen LogP contribution in [0.25, 0.3) is 5.57 Å². The van der Waals surface area contributed by atoms with Crippen LogP contribution in [0.5, 0.6) is 0 Å². The summed E-state index contributed by atoms with van der Waals surface area (Å²) < 4.78 is 1.64. The van der Waals surface area contributed by atoms with E-state index in [-0.39, 0.29) is 17.3 Å². The van der Waals surface area contributed by atoms with E-state index in [1.54, 1.807) is 37.1 Å². The highest BCUT2D eigenvalue weighted by molar-refractivity contribution is 5.94. The van der Waals surface area contributed by atoms with E-state index in [1.807, 2.05) is 64.2 Å². The van der Waals surface area contributed by atoms with Gasteiger partial charge in [-0.25, -0.2) is 0 Å². The maximum Gasteiger partial charge on any atom is 0.180 e. The second-order valence-corrected chi connectivity index (χ2v) is 8.22. The van der Waals surface area contributed by atoms with Gasteiger partial charge >= 0.3 is 0 Å². The molecule has 0 aliphatic heterocycles. The molecule has 0 spiro atoms. The molecule has 1 aromatic carbocycles. The SMILES string of the molecule is C=C(/C=C\C(C)=O)c1cncc(C)c1.CC.CC(=O)c1nn(C)cc1C.CCc1cccc(C(C)=O)c1. The number of pyridine rings is 1. The quantitative estimate of drug-likeness (QED) is 0.206. The number of ketones is 3. The normalized spacial score (nSPS) is 9.65. The fourth-order valence-corrected chi connectivity index (χ4v) is 3.01. The molecule has 0 N–H and O–H groups in total. The minimum atomic E-state index is 0.0202. The van der Waals surface area contributed by atoms with Crippen LogP contribution < -0.4 is 0 Å². The molecule has 37 heavy (non-hydrogen) atoms. The molecular weight excluding hydrogens is 462 g/mol. The van der Waals surface area contributed by atoms with Crippen LogP contribution in [0.4, 0.5) is 0 Å². The second kappa shape index (κ2) is 17.5. The van der Waals surface area contributed by atoms with Gasteiger partial charge in [0.1, 0.15) is 5.69 Å². The number of allylic oxidation sites excluding steroid dienone is 3. The first kappa shape index (κ1) is 33.1. The Morgan fingerprint density at radius 1 is 0.946 bits per heavy atom. The smallest absolute Gasteiger partial charge is 0.180 e. The molecule has 2 heterocycles. The molecule has 0 aliphatic rings. The van der Waals surface area contributed by atoms with Crippen LogP contribution in [0.2, 0.25) is 0 Å². The third kappa shape index (κ3) is 13.1.